The largest absolute Gasteiger partial charge is 0.495 e. The van der Waals surface area contributed by atoms with Gasteiger partial charge in [-0.05, 0) is 29.8 Å². The van der Waals surface area contributed by atoms with Gasteiger partial charge in [0.25, 0.3) is 0 Å². The van der Waals surface area contributed by atoms with Crippen molar-refractivity contribution >= 4 is 5.69 Å². The second-order valence-corrected chi connectivity index (χ2v) is 4.26. The van der Waals surface area contributed by atoms with Crippen molar-refractivity contribution in [2.75, 3.05) is 12.4 Å². The second kappa shape index (κ2) is 6.40. The summed E-state index contributed by atoms with van der Waals surface area (Å²) in [5.74, 6) is -0.00407. The van der Waals surface area contributed by atoms with Gasteiger partial charge in [-0.3, -0.25) is 0 Å². The summed E-state index contributed by atoms with van der Waals surface area (Å²) in [6, 6.07) is 14.2. The Labute approximate surface area is 122 Å². The van der Waals surface area contributed by atoms with Gasteiger partial charge in [-0.25, -0.2) is 4.39 Å². The van der Waals surface area contributed by atoms with Gasteiger partial charge >= 0.3 is 0 Å². The van der Waals surface area contributed by atoms with Gasteiger partial charge in [0.15, 0.2) is 0 Å². The molecule has 0 spiro atoms. The predicted octanol–water partition coefficient (Wildman–Crippen LogP) is 3.38. The van der Waals surface area contributed by atoms with Crippen LogP contribution in [-0.4, -0.2) is 7.11 Å². The third-order valence-corrected chi connectivity index (χ3v) is 2.98. The van der Waals surface area contributed by atoms with Crippen molar-refractivity contribution in [2.45, 2.75) is 6.04 Å². The number of benzene rings is 2. The molecular formula is C16H12FN3O. The Hall–Kier alpha value is -3.05. The third-order valence-electron chi connectivity index (χ3n) is 2.98. The van der Waals surface area contributed by atoms with E-state index in [1.807, 2.05) is 6.07 Å². The first-order valence-corrected chi connectivity index (χ1v) is 6.18. The van der Waals surface area contributed by atoms with E-state index in [4.69, 9.17) is 10.00 Å². The van der Waals surface area contributed by atoms with Crippen LogP contribution in [0.4, 0.5) is 10.1 Å². The van der Waals surface area contributed by atoms with Crippen LogP contribution >= 0.6 is 0 Å². The van der Waals surface area contributed by atoms with Crippen LogP contribution in [0, 0.1) is 28.5 Å². The predicted molar refractivity (Wildman–Crippen MR) is 76.1 cm³/mol. The Kier molecular flexibility index (Phi) is 4.38. The van der Waals surface area contributed by atoms with Crippen molar-refractivity contribution < 1.29 is 9.13 Å². The first-order chi connectivity index (χ1) is 10.2. The first kappa shape index (κ1) is 14.4. The highest BCUT2D eigenvalue weighted by Crippen LogP contribution is 2.25. The highest BCUT2D eigenvalue weighted by atomic mass is 19.1. The average molecular weight is 281 g/mol. The minimum absolute atomic E-state index is 0.235. The van der Waals surface area contributed by atoms with Crippen molar-refractivity contribution in [2.24, 2.45) is 0 Å². The molecule has 21 heavy (non-hydrogen) atoms. The van der Waals surface area contributed by atoms with Gasteiger partial charge in [-0.2, -0.15) is 10.5 Å². The van der Waals surface area contributed by atoms with Gasteiger partial charge < -0.3 is 10.1 Å². The number of hydrogen-bond donors (Lipinski definition) is 1. The van der Waals surface area contributed by atoms with E-state index in [9.17, 15) is 9.65 Å². The molecule has 0 aromatic heterocycles. The smallest absolute Gasteiger partial charge is 0.146 e. The molecule has 0 aliphatic heterocycles. The summed E-state index contributed by atoms with van der Waals surface area (Å²) in [5, 5.41) is 21.2. The minimum atomic E-state index is -0.764. The maximum atomic E-state index is 13.6. The molecule has 0 radical (unpaired) electrons. The van der Waals surface area contributed by atoms with Gasteiger partial charge in [-0.1, -0.05) is 18.2 Å². The maximum Gasteiger partial charge on any atom is 0.146 e. The molecule has 2 aromatic carbocycles. The zero-order valence-electron chi connectivity index (χ0n) is 11.3. The quantitative estimate of drug-likeness (QED) is 0.932. The summed E-state index contributed by atoms with van der Waals surface area (Å²) in [6.45, 7) is 0. The molecule has 4 nitrogen and oxygen atoms in total. The molecule has 1 N–H and O–H groups in total. The molecule has 0 aliphatic rings. The molecule has 0 saturated carbocycles. The molecule has 5 heteroatoms. The van der Waals surface area contributed by atoms with E-state index in [-0.39, 0.29) is 5.69 Å². The van der Waals surface area contributed by atoms with Crippen molar-refractivity contribution in [1.29, 1.82) is 10.5 Å². The molecular weight excluding hydrogens is 269 g/mol. The lowest BCUT2D eigenvalue weighted by molar-refractivity contribution is 0.413. The summed E-state index contributed by atoms with van der Waals surface area (Å²) in [7, 11) is 1.47. The van der Waals surface area contributed by atoms with Crippen molar-refractivity contribution in [1.82, 2.24) is 0 Å². The Morgan fingerprint density at radius 3 is 2.57 bits per heavy atom. The van der Waals surface area contributed by atoms with E-state index < -0.39 is 11.9 Å². The molecule has 0 aliphatic carbocycles. The fourth-order valence-electron chi connectivity index (χ4n) is 1.92. The van der Waals surface area contributed by atoms with E-state index >= 15 is 0 Å². The SMILES string of the molecule is COc1ccc(C(C#N)Nc2ccccc2F)cc1C#N. The molecule has 0 heterocycles. The Balaban J connectivity index is 2.33. The highest BCUT2D eigenvalue weighted by molar-refractivity contribution is 5.52. The lowest BCUT2D eigenvalue weighted by Crippen LogP contribution is -2.10. The Morgan fingerprint density at radius 2 is 1.95 bits per heavy atom. The molecule has 0 bridgehead atoms. The number of rotatable bonds is 4. The molecule has 0 fully saturated rings. The number of halogens is 1. The van der Waals surface area contributed by atoms with Crippen LogP contribution < -0.4 is 10.1 Å². The first-order valence-electron chi connectivity index (χ1n) is 6.18. The Bertz CT molecular complexity index is 731. The van der Waals surface area contributed by atoms with Gasteiger partial charge in [0.2, 0.25) is 0 Å². The number of para-hydroxylation sites is 1. The maximum absolute atomic E-state index is 13.6. The number of nitrogens with zero attached hydrogens (tertiary/aromatic N) is 2. The zero-order valence-corrected chi connectivity index (χ0v) is 11.3. The summed E-state index contributed by atoms with van der Waals surface area (Å²) in [6.07, 6.45) is 0. The van der Waals surface area contributed by atoms with Crippen LogP contribution in [0.15, 0.2) is 42.5 Å². The van der Waals surface area contributed by atoms with Crippen molar-refractivity contribution in [3.05, 3.63) is 59.4 Å². The number of anilines is 1. The lowest BCUT2D eigenvalue weighted by Gasteiger charge is -2.15. The number of methoxy groups -OCH3 is 1. The van der Waals surface area contributed by atoms with Crippen LogP contribution in [0.2, 0.25) is 0 Å². The monoisotopic (exact) mass is 281 g/mol. The molecule has 1 unspecified atom stereocenters. The van der Waals surface area contributed by atoms with E-state index in [1.165, 1.54) is 13.2 Å². The summed E-state index contributed by atoms with van der Waals surface area (Å²) < 4.78 is 18.7. The van der Waals surface area contributed by atoms with E-state index in [2.05, 4.69) is 11.4 Å². The van der Waals surface area contributed by atoms with E-state index in [0.717, 1.165) is 0 Å². The van der Waals surface area contributed by atoms with E-state index in [0.29, 0.717) is 16.9 Å². The third kappa shape index (κ3) is 3.10. The van der Waals surface area contributed by atoms with Crippen LogP contribution in [0.25, 0.3) is 0 Å². The van der Waals surface area contributed by atoms with Crippen molar-refractivity contribution in [3.63, 3.8) is 0 Å². The number of nitriles is 2. The fourth-order valence-corrected chi connectivity index (χ4v) is 1.92. The van der Waals surface area contributed by atoms with Crippen LogP contribution in [0.3, 0.4) is 0 Å². The standard InChI is InChI=1S/C16H12FN3O/c1-21-16-7-6-11(8-12(16)9-18)15(10-19)20-14-5-3-2-4-13(14)17/h2-8,15,20H,1H3. The number of hydrogen-bond acceptors (Lipinski definition) is 4. The molecule has 0 amide bonds. The zero-order chi connectivity index (χ0) is 15.2. The van der Waals surface area contributed by atoms with Gasteiger partial charge in [-0.15, -0.1) is 0 Å². The van der Waals surface area contributed by atoms with Crippen molar-refractivity contribution in [3.8, 4) is 17.9 Å². The van der Waals surface area contributed by atoms with Gasteiger partial charge in [0.05, 0.1) is 24.4 Å². The molecule has 104 valence electrons. The normalized spacial score (nSPS) is 11.0. The van der Waals surface area contributed by atoms with Crippen LogP contribution in [-0.2, 0) is 0 Å². The van der Waals surface area contributed by atoms with Crippen LogP contribution in [0.5, 0.6) is 5.75 Å². The van der Waals surface area contributed by atoms with E-state index in [1.54, 1.807) is 36.4 Å². The summed E-state index contributed by atoms with van der Waals surface area (Å²) in [4.78, 5) is 0. The number of ether oxygens (including phenoxy) is 1. The van der Waals surface area contributed by atoms with Crippen LogP contribution in [0.1, 0.15) is 17.2 Å². The summed E-state index contributed by atoms with van der Waals surface area (Å²) in [5.41, 5.74) is 1.13. The molecule has 2 aromatic rings. The highest BCUT2D eigenvalue weighted by Gasteiger charge is 2.14. The summed E-state index contributed by atoms with van der Waals surface area (Å²) >= 11 is 0. The number of nitrogens with one attached hydrogen (secondary N) is 1. The minimum Gasteiger partial charge on any atom is -0.495 e. The second-order valence-electron chi connectivity index (χ2n) is 4.26. The topological polar surface area (TPSA) is 68.8 Å². The lowest BCUT2D eigenvalue weighted by atomic mass is 10.0. The fraction of sp³-hybridized carbons (Fsp3) is 0.125. The average Bonchev–Trinajstić information content (AvgIpc) is 2.53. The van der Waals surface area contributed by atoms with Gasteiger partial charge in [0, 0.05) is 0 Å². The molecule has 1 atom stereocenters. The Morgan fingerprint density at radius 1 is 1.19 bits per heavy atom. The molecule has 2 rings (SSSR count). The van der Waals surface area contributed by atoms with Gasteiger partial charge in [0.1, 0.15) is 23.7 Å². The molecule has 0 saturated heterocycles.